The van der Waals surface area contributed by atoms with Crippen LogP contribution in [0.3, 0.4) is 0 Å². The Morgan fingerprint density at radius 1 is 0.647 bits per heavy atom. The summed E-state index contributed by atoms with van der Waals surface area (Å²) < 4.78 is 11.5. The lowest BCUT2D eigenvalue weighted by atomic mass is 10.0. The molecule has 3 aromatic carbocycles. The van der Waals surface area contributed by atoms with Crippen molar-refractivity contribution in [1.29, 1.82) is 5.26 Å². The molecule has 3 aromatic rings. The SMILES string of the molecule is N#Cc1ccc(-c2ccc(OCCCCCCCCCOc3ccc([N+](=O)[O-])cc3)cc2)cc1. The summed E-state index contributed by atoms with van der Waals surface area (Å²) in [5, 5.41) is 19.5. The second-order valence-electron chi connectivity index (χ2n) is 8.14. The first-order valence-corrected chi connectivity index (χ1v) is 11.8. The minimum Gasteiger partial charge on any atom is -0.494 e. The zero-order valence-electron chi connectivity index (χ0n) is 19.3. The largest absolute Gasteiger partial charge is 0.494 e. The van der Waals surface area contributed by atoms with Gasteiger partial charge in [-0.1, -0.05) is 56.4 Å². The molecular weight excluding hydrogens is 428 g/mol. The van der Waals surface area contributed by atoms with Crippen molar-refractivity contribution in [3.63, 3.8) is 0 Å². The highest BCUT2D eigenvalue weighted by molar-refractivity contribution is 5.64. The van der Waals surface area contributed by atoms with Gasteiger partial charge >= 0.3 is 0 Å². The molecule has 0 bridgehead atoms. The number of hydrogen-bond donors (Lipinski definition) is 0. The normalized spacial score (nSPS) is 10.4. The highest BCUT2D eigenvalue weighted by Gasteiger charge is 2.04. The minimum atomic E-state index is -0.410. The van der Waals surface area contributed by atoms with Crippen molar-refractivity contribution in [3.8, 4) is 28.7 Å². The molecule has 0 spiro atoms. The summed E-state index contributed by atoms with van der Waals surface area (Å²) in [6.07, 6.45) is 7.89. The molecule has 0 radical (unpaired) electrons. The number of non-ortho nitro benzene ring substituents is 1. The van der Waals surface area contributed by atoms with Crippen LogP contribution >= 0.6 is 0 Å². The van der Waals surface area contributed by atoms with E-state index in [2.05, 4.69) is 6.07 Å². The van der Waals surface area contributed by atoms with Gasteiger partial charge in [0.15, 0.2) is 0 Å². The number of nitrogens with zero attached hydrogens (tertiary/aromatic N) is 2. The first-order valence-electron chi connectivity index (χ1n) is 11.8. The summed E-state index contributed by atoms with van der Waals surface area (Å²) in [6, 6.07) is 24.0. The molecule has 0 unspecified atom stereocenters. The van der Waals surface area contributed by atoms with Crippen LogP contribution in [0.25, 0.3) is 11.1 Å². The third kappa shape index (κ3) is 8.25. The highest BCUT2D eigenvalue weighted by Crippen LogP contribution is 2.23. The predicted octanol–water partition coefficient (Wildman–Crippen LogP) is 7.32. The van der Waals surface area contributed by atoms with Crippen LogP contribution in [0, 0.1) is 21.4 Å². The molecule has 0 aliphatic rings. The number of nitriles is 1. The lowest BCUT2D eigenvalue weighted by Crippen LogP contribution is -1.98. The fraction of sp³-hybridized carbons (Fsp3) is 0.321. The van der Waals surface area contributed by atoms with E-state index in [1.807, 2.05) is 48.5 Å². The molecule has 0 aromatic heterocycles. The van der Waals surface area contributed by atoms with E-state index in [-0.39, 0.29) is 5.69 Å². The Labute approximate surface area is 200 Å². The Morgan fingerprint density at radius 2 is 1.06 bits per heavy atom. The predicted molar refractivity (Wildman–Crippen MR) is 133 cm³/mol. The van der Waals surface area contributed by atoms with Crippen LogP contribution in [0.4, 0.5) is 5.69 Å². The van der Waals surface area contributed by atoms with Crippen LogP contribution in [-0.2, 0) is 0 Å². The monoisotopic (exact) mass is 458 g/mol. The average Bonchev–Trinajstić information content (AvgIpc) is 2.88. The Morgan fingerprint density at radius 3 is 1.50 bits per heavy atom. The van der Waals surface area contributed by atoms with Crippen LogP contribution < -0.4 is 9.47 Å². The summed E-state index contributed by atoms with van der Waals surface area (Å²) in [6.45, 7) is 1.36. The summed E-state index contributed by atoms with van der Waals surface area (Å²) in [5.41, 5.74) is 2.94. The molecule has 6 heteroatoms. The summed E-state index contributed by atoms with van der Waals surface area (Å²) in [5.74, 6) is 1.56. The van der Waals surface area contributed by atoms with Crippen molar-refractivity contribution in [2.75, 3.05) is 13.2 Å². The van der Waals surface area contributed by atoms with Gasteiger partial charge < -0.3 is 9.47 Å². The first-order chi connectivity index (χ1) is 16.7. The van der Waals surface area contributed by atoms with E-state index in [1.54, 1.807) is 12.1 Å². The molecule has 0 fully saturated rings. The van der Waals surface area contributed by atoms with Gasteiger partial charge in [-0.05, 0) is 60.4 Å². The minimum absolute atomic E-state index is 0.0790. The molecule has 0 N–H and O–H groups in total. The number of ether oxygens (including phenoxy) is 2. The lowest BCUT2D eigenvalue weighted by molar-refractivity contribution is -0.384. The molecule has 0 aliphatic heterocycles. The van der Waals surface area contributed by atoms with Gasteiger partial charge in [0.05, 0.1) is 29.8 Å². The maximum Gasteiger partial charge on any atom is 0.269 e. The van der Waals surface area contributed by atoms with Crippen LogP contribution in [0.2, 0.25) is 0 Å². The third-order valence-electron chi connectivity index (χ3n) is 5.58. The Hall–Kier alpha value is -3.85. The Bertz CT molecular complexity index is 1060. The Balaban J connectivity index is 1.19. The standard InChI is InChI=1S/C28H30N2O4/c29-22-23-8-10-24(11-9-23)25-12-16-27(17-13-25)33-20-6-4-2-1-3-5-7-21-34-28-18-14-26(15-19-28)30(31)32/h8-19H,1-7,20-21H2. The fourth-order valence-electron chi connectivity index (χ4n) is 3.61. The van der Waals surface area contributed by atoms with Crippen molar-refractivity contribution in [2.24, 2.45) is 0 Å². The molecule has 6 nitrogen and oxygen atoms in total. The van der Waals surface area contributed by atoms with Gasteiger partial charge in [0.25, 0.3) is 5.69 Å². The summed E-state index contributed by atoms with van der Waals surface area (Å²) in [7, 11) is 0. The van der Waals surface area contributed by atoms with E-state index in [1.165, 1.54) is 31.4 Å². The molecule has 3 rings (SSSR count). The summed E-state index contributed by atoms with van der Waals surface area (Å²) >= 11 is 0. The average molecular weight is 459 g/mol. The molecule has 176 valence electrons. The molecule has 0 atom stereocenters. The molecule has 0 heterocycles. The van der Waals surface area contributed by atoms with E-state index in [0.717, 1.165) is 49.2 Å². The third-order valence-corrected chi connectivity index (χ3v) is 5.58. The van der Waals surface area contributed by atoms with Crippen LogP contribution in [-0.4, -0.2) is 18.1 Å². The van der Waals surface area contributed by atoms with Gasteiger partial charge in [0.1, 0.15) is 11.5 Å². The second kappa shape index (κ2) is 13.6. The molecular formula is C28H30N2O4. The van der Waals surface area contributed by atoms with Crippen molar-refractivity contribution in [3.05, 3.63) is 88.5 Å². The molecule has 0 saturated heterocycles. The number of benzene rings is 3. The molecule has 0 amide bonds. The second-order valence-corrected chi connectivity index (χ2v) is 8.14. The number of nitro groups is 1. The smallest absolute Gasteiger partial charge is 0.269 e. The van der Waals surface area contributed by atoms with Crippen molar-refractivity contribution < 1.29 is 14.4 Å². The van der Waals surface area contributed by atoms with Crippen molar-refractivity contribution in [2.45, 2.75) is 44.9 Å². The lowest BCUT2D eigenvalue weighted by Gasteiger charge is -2.08. The molecule has 0 aliphatic carbocycles. The highest BCUT2D eigenvalue weighted by atomic mass is 16.6. The fourth-order valence-corrected chi connectivity index (χ4v) is 3.61. The number of rotatable bonds is 14. The van der Waals surface area contributed by atoms with Crippen LogP contribution in [0.1, 0.15) is 50.5 Å². The zero-order chi connectivity index (χ0) is 24.0. The maximum atomic E-state index is 10.6. The topological polar surface area (TPSA) is 85.4 Å². The quantitative estimate of drug-likeness (QED) is 0.143. The number of unbranched alkanes of at least 4 members (excludes halogenated alkanes) is 6. The van der Waals surface area contributed by atoms with Gasteiger partial charge in [-0.15, -0.1) is 0 Å². The molecule has 0 saturated carbocycles. The van der Waals surface area contributed by atoms with E-state index < -0.39 is 4.92 Å². The number of hydrogen-bond acceptors (Lipinski definition) is 5. The molecule has 34 heavy (non-hydrogen) atoms. The van der Waals surface area contributed by atoms with E-state index in [4.69, 9.17) is 14.7 Å². The van der Waals surface area contributed by atoms with Gasteiger partial charge in [0.2, 0.25) is 0 Å². The van der Waals surface area contributed by atoms with E-state index >= 15 is 0 Å². The van der Waals surface area contributed by atoms with Gasteiger partial charge in [-0.3, -0.25) is 10.1 Å². The summed E-state index contributed by atoms with van der Waals surface area (Å²) in [4.78, 5) is 10.2. The van der Waals surface area contributed by atoms with Crippen molar-refractivity contribution in [1.82, 2.24) is 0 Å². The zero-order valence-corrected chi connectivity index (χ0v) is 19.3. The maximum absolute atomic E-state index is 10.6. The van der Waals surface area contributed by atoms with E-state index in [0.29, 0.717) is 17.9 Å². The van der Waals surface area contributed by atoms with Crippen LogP contribution in [0.5, 0.6) is 11.5 Å². The van der Waals surface area contributed by atoms with Gasteiger partial charge in [-0.25, -0.2) is 0 Å². The number of nitro benzene ring substituents is 1. The van der Waals surface area contributed by atoms with Crippen LogP contribution in [0.15, 0.2) is 72.8 Å². The Kier molecular flexibility index (Phi) is 9.94. The van der Waals surface area contributed by atoms with Gasteiger partial charge in [-0.2, -0.15) is 5.26 Å². The first kappa shape index (κ1) is 24.8. The van der Waals surface area contributed by atoms with E-state index in [9.17, 15) is 10.1 Å². The van der Waals surface area contributed by atoms with Gasteiger partial charge in [0, 0.05) is 12.1 Å². The van der Waals surface area contributed by atoms with Crippen molar-refractivity contribution >= 4 is 5.69 Å².